The molecule has 0 amide bonds. The zero-order valence-electron chi connectivity index (χ0n) is 12.6. The molecular weight excluding hydrogens is 260 g/mol. The van der Waals surface area contributed by atoms with E-state index in [0.29, 0.717) is 12.5 Å². The molecule has 2 heterocycles. The lowest BCUT2D eigenvalue weighted by molar-refractivity contribution is 0.147. The van der Waals surface area contributed by atoms with Crippen molar-refractivity contribution >= 4 is 11.0 Å². The fourth-order valence-corrected chi connectivity index (χ4v) is 3.23. The van der Waals surface area contributed by atoms with Crippen LogP contribution in [0.4, 0.5) is 0 Å². The number of likely N-dealkylation sites (tertiary alicyclic amines) is 1. The maximum absolute atomic E-state index is 8.90. The normalized spacial score (nSPS) is 19.7. The highest BCUT2D eigenvalue weighted by atomic mass is 15.2. The molecule has 110 valence electrons. The van der Waals surface area contributed by atoms with Gasteiger partial charge in [-0.25, -0.2) is 4.98 Å². The zero-order valence-corrected chi connectivity index (χ0v) is 12.6. The lowest BCUT2D eigenvalue weighted by Crippen LogP contribution is -2.37. The first kappa shape index (κ1) is 14.1. The fraction of sp³-hybridized carbons (Fsp3) is 0.529. The summed E-state index contributed by atoms with van der Waals surface area (Å²) < 4.78 is 2.22. The Morgan fingerprint density at radius 1 is 1.33 bits per heavy atom. The van der Waals surface area contributed by atoms with Crippen molar-refractivity contribution in [2.75, 3.05) is 6.54 Å². The maximum atomic E-state index is 8.90. The Hall–Kier alpha value is -1.86. The largest absolute Gasteiger partial charge is 0.326 e. The maximum Gasteiger partial charge on any atom is 0.124 e. The number of aryl methyl sites for hydroxylation is 1. The lowest BCUT2D eigenvalue weighted by atomic mass is 10.0. The van der Waals surface area contributed by atoms with Crippen LogP contribution >= 0.6 is 0 Å². The number of rotatable bonds is 4. The molecule has 0 aliphatic carbocycles. The average molecular weight is 282 g/mol. The summed E-state index contributed by atoms with van der Waals surface area (Å²) in [7, 11) is 0. The minimum Gasteiger partial charge on any atom is -0.326 e. The Balaban J connectivity index is 1.91. The molecular formula is C17H22N4. The average Bonchev–Trinajstić information content (AvgIpc) is 2.85. The van der Waals surface area contributed by atoms with E-state index in [9.17, 15) is 0 Å². The van der Waals surface area contributed by atoms with Crippen molar-refractivity contribution in [1.29, 1.82) is 5.26 Å². The predicted molar refractivity (Wildman–Crippen MR) is 83.7 cm³/mol. The molecule has 4 nitrogen and oxygen atoms in total. The van der Waals surface area contributed by atoms with Crippen molar-refractivity contribution < 1.29 is 0 Å². The van der Waals surface area contributed by atoms with Gasteiger partial charge >= 0.3 is 0 Å². The van der Waals surface area contributed by atoms with E-state index in [2.05, 4.69) is 34.6 Å². The number of fused-ring (bicyclic) bond motifs is 1. The first-order valence-corrected chi connectivity index (χ1v) is 7.84. The molecule has 3 rings (SSSR count). The van der Waals surface area contributed by atoms with Crippen LogP contribution in [0.5, 0.6) is 0 Å². The van der Waals surface area contributed by atoms with E-state index in [1.165, 1.54) is 19.3 Å². The molecule has 1 saturated heterocycles. The van der Waals surface area contributed by atoms with Crippen LogP contribution in [0, 0.1) is 11.3 Å². The van der Waals surface area contributed by atoms with E-state index in [1.807, 2.05) is 12.1 Å². The second-order valence-electron chi connectivity index (χ2n) is 5.89. The van der Waals surface area contributed by atoms with Gasteiger partial charge in [0.15, 0.2) is 0 Å². The SMILES string of the molecule is CC1CCCCN1Cc1nc2ccccc2n1CCC#N. The first-order valence-electron chi connectivity index (χ1n) is 7.84. The van der Waals surface area contributed by atoms with Gasteiger partial charge in [-0.15, -0.1) is 0 Å². The van der Waals surface area contributed by atoms with Crippen LogP contribution in [0.25, 0.3) is 11.0 Å². The highest BCUT2D eigenvalue weighted by Gasteiger charge is 2.21. The van der Waals surface area contributed by atoms with E-state index in [-0.39, 0.29) is 0 Å². The van der Waals surface area contributed by atoms with Gasteiger partial charge < -0.3 is 4.57 Å². The van der Waals surface area contributed by atoms with Gasteiger partial charge in [-0.2, -0.15) is 5.26 Å². The quantitative estimate of drug-likeness (QED) is 0.864. The van der Waals surface area contributed by atoms with E-state index in [1.54, 1.807) is 0 Å². The molecule has 1 fully saturated rings. The predicted octanol–water partition coefficient (Wildman–Crippen LogP) is 3.32. The number of hydrogen-bond acceptors (Lipinski definition) is 3. The number of para-hydroxylation sites is 2. The standard InChI is InChI=1S/C17H22N4/c1-14-7-4-5-11-20(14)13-17-19-15-8-2-3-9-16(15)21(17)12-6-10-18/h2-3,8-9,14H,4-7,11-13H2,1H3. The summed E-state index contributed by atoms with van der Waals surface area (Å²) in [6.45, 7) is 5.08. The first-order chi connectivity index (χ1) is 10.3. The molecule has 1 aromatic heterocycles. The number of piperidine rings is 1. The molecule has 2 aromatic rings. The third-order valence-electron chi connectivity index (χ3n) is 4.47. The molecule has 0 spiro atoms. The third kappa shape index (κ3) is 2.93. The molecule has 1 aromatic carbocycles. The van der Waals surface area contributed by atoms with Gasteiger partial charge in [0, 0.05) is 12.6 Å². The van der Waals surface area contributed by atoms with Gasteiger partial charge in [-0.05, 0) is 38.4 Å². The van der Waals surface area contributed by atoms with Crippen molar-refractivity contribution in [3.63, 3.8) is 0 Å². The molecule has 0 N–H and O–H groups in total. The van der Waals surface area contributed by atoms with Gasteiger partial charge in [0.05, 0.1) is 30.1 Å². The summed E-state index contributed by atoms with van der Waals surface area (Å²) in [6.07, 6.45) is 4.42. The Kier molecular flexibility index (Phi) is 4.21. The molecule has 0 saturated carbocycles. The molecule has 1 aliphatic rings. The van der Waals surface area contributed by atoms with Gasteiger partial charge in [-0.3, -0.25) is 4.90 Å². The smallest absolute Gasteiger partial charge is 0.124 e. The van der Waals surface area contributed by atoms with E-state index in [0.717, 1.165) is 36.5 Å². The molecule has 1 atom stereocenters. The van der Waals surface area contributed by atoms with Gasteiger partial charge in [-0.1, -0.05) is 18.6 Å². The summed E-state index contributed by atoms with van der Waals surface area (Å²) >= 11 is 0. The summed E-state index contributed by atoms with van der Waals surface area (Å²) in [4.78, 5) is 7.33. The van der Waals surface area contributed by atoms with Gasteiger partial charge in [0.2, 0.25) is 0 Å². The fourth-order valence-electron chi connectivity index (χ4n) is 3.23. The second-order valence-corrected chi connectivity index (χ2v) is 5.89. The highest BCUT2D eigenvalue weighted by molar-refractivity contribution is 5.75. The van der Waals surface area contributed by atoms with Crippen LogP contribution in [0.3, 0.4) is 0 Å². The number of aromatic nitrogens is 2. The van der Waals surface area contributed by atoms with Gasteiger partial charge in [0.1, 0.15) is 5.82 Å². The third-order valence-corrected chi connectivity index (χ3v) is 4.47. The number of hydrogen-bond donors (Lipinski definition) is 0. The molecule has 1 unspecified atom stereocenters. The number of benzene rings is 1. The number of nitrogens with zero attached hydrogens (tertiary/aromatic N) is 4. The van der Waals surface area contributed by atoms with Crippen molar-refractivity contribution in [2.45, 2.75) is 51.7 Å². The van der Waals surface area contributed by atoms with Crippen LogP contribution in [0.1, 0.15) is 38.4 Å². The number of imidazole rings is 1. The molecule has 0 bridgehead atoms. The van der Waals surface area contributed by atoms with Crippen LogP contribution in [-0.2, 0) is 13.1 Å². The number of nitriles is 1. The van der Waals surface area contributed by atoms with E-state index >= 15 is 0 Å². The van der Waals surface area contributed by atoms with Crippen LogP contribution < -0.4 is 0 Å². The Bertz CT molecular complexity index is 652. The van der Waals surface area contributed by atoms with Crippen LogP contribution in [-0.4, -0.2) is 27.0 Å². The van der Waals surface area contributed by atoms with Crippen molar-refractivity contribution in [1.82, 2.24) is 14.5 Å². The summed E-state index contributed by atoms with van der Waals surface area (Å²) in [5, 5.41) is 8.90. The van der Waals surface area contributed by atoms with Crippen molar-refractivity contribution in [2.24, 2.45) is 0 Å². The van der Waals surface area contributed by atoms with Crippen molar-refractivity contribution in [3.8, 4) is 6.07 Å². The summed E-state index contributed by atoms with van der Waals surface area (Å²) in [5.41, 5.74) is 2.18. The molecule has 21 heavy (non-hydrogen) atoms. The Morgan fingerprint density at radius 3 is 3.00 bits per heavy atom. The Labute approximate surface area is 126 Å². The van der Waals surface area contributed by atoms with E-state index in [4.69, 9.17) is 10.2 Å². The molecule has 0 radical (unpaired) electrons. The summed E-state index contributed by atoms with van der Waals surface area (Å²) in [6, 6.07) is 11.1. The van der Waals surface area contributed by atoms with E-state index < -0.39 is 0 Å². The monoisotopic (exact) mass is 282 g/mol. The molecule has 4 heteroatoms. The minimum atomic E-state index is 0.531. The summed E-state index contributed by atoms with van der Waals surface area (Å²) in [5.74, 6) is 1.10. The molecule has 1 aliphatic heterocycles. The minimum absolute atomic E-state index is 0.531. The van der Waals surface area contributed by atoms with Crippen LogP contribution in [0.15, 0.2) is 24.3 Å². The lowest BCUT2D eigenvalue weighted by Gasteiger charge is -2.33. The second kappa shape index (κ2) is 6.28. The van der Waals surface area contributed by atoms with Crippen molar-refractivity contribution in [3.05, 3.63) is 30.1 Å². The van der Waals surface area contributed by atoms with Gasteiger partial charge in [0.25, 0.3) is 0 Å². The zero-order chi connectivity index (χ0) is 14.7. The topological polar surface area (TPSA) is 44.9 Å². The van der Waals surface area contributed by atoms with Crippen LogP contribution in [0.2, 0.25) is 0 Å². The highest BCUT2D eigenvalue weighted by Crippen LogP contribution is 2.22. The Morgan fingerprint density at radius 2 is 2.19 bits per heavy atom.